The van der Waals surface area contributed by atoms with Crippen molar-refractivity contribution >= 4 is 11.9 Å². The van der Waals surface area contributed by atoms with Gasteiger partial charge in [0.05, 0.1) is 13.2 Å². The van der Waals surface area contributed by atoms with Crippen LogP contribution in [0.3, 0.4) is 0 Å². The molecule has 0 bridgehead atoms. The van der Waals surface area contributed by atoms with Gasteiger partial charge < -0.3 is 24.2 Å². The number of carboxylic acid groups (broad SMARTS) is 1. The maximum Gasteiger partial charge on any atom is 0.326 e. The molecule has 7 nitrogen and oxygen atoms in total. The van der Waals surface area contributed by atoms with Crippen molar-refractivity contribution in [2.24, 2.45) is 0 Å². The molecular formula is C29H31NO6. The standard InChI is InChI=1S/C29H31NO6/c1-20-13-14-23-18-30(28(31)27(35-16-15-34-2)22-11-7-4-8-12-22)25(29(32)33)17-24(23)26(20)36-19-21-9-5-3-6-10-21/h3-14,25,27H,15-19H2,1-2H3,(H,32,33)/t25-,27+/m1/s1. The molecule has 0 fully saturated rings. The third-order valence-corrected chi connectivity index (χ3v) is 6.36. The summed E-state index contributed by atoms with van der Waals surface area (Å²) in [6, 6.07) is 21.8. The van der Waals surface area contributed by atoms with Crippen LogP contribution in [0.15, 0.2) is 72.8 Å². The lowest BCUT2D eigenvalue weighted by atomic mass is 9.90. The number of benzene rings is 3. The summed E-state index contributed by atoms with van der Waals surface area (Å²) in [6.07, 6.45) is -0.772. The largest absolute Gasteiger partial charge is 0.488 e. The van der Waals surface area contributed by atoms with Crippen molar-refractivity contribution in [1.29, 1.82) is 0 Å². The van der Waals surface area contributed by atoms with Crippen LogP contribution in [0.5, 0.6) is 5.75 Å². The minimum absolute atomic E-state index is 0.155. The van der Waals surface area contributed by atoms with Crippen molar-refractivity contribution in [2.45, 2.75) is 38.6 Å². The van der Waals surface area contributed by atoms with Crippen LogP contribution in [0.25, 0.3) is 0 Å². The number of amides is 1. The second kappa shape index (κ2) is 11.8. The molecule has 2 atom stereocenters. The summed E-state index contributed by atoms with van der Waals surface area (Å²) in [6.45, 7) is 3.01. The topological polar surface area (TPSA) is 85.3 Å². The highest BCUT2D eigenvalue weighted by molar-refractivity contribution is 5.88. The average Bonchev–Trinajstić information content (AvgIpc) is 2.90. The van der Waals surface area contributed by atoms with E-state index in [0.717, 1.165) is 22.3 Å². The van der Waals surface area contributed by atoms with E-state index in [1.807, 2.05) is 79.7 Å². The molecule has 0 aromatic heterocycles. The van der Waals surface area contributed by atoms with Crippen molar-refractivity contribution in [1.82, 2.24) is 4.90 Å². The van der Waals surface area contributed by atoms with E-state index >= 15 is 0 Å². The lowest BCUT2D eigenvalue weighted by Crippen LogP contribution is -2.50. The van der Waals surface area contributed by atoms with Crippen LogP contribution in [-0.4, -0.2) is 48.2 Å². The van der Waals surface area contributed by atoms with Crippen LogP contribution in [0, 0.1) is 6.92 Å². The molecule has 3 aromatic rings. The summed E-state index contributed by atoms with van der Waals surface area (Å²) in [5.41, 5.74) is 4.33. The number of rotatable bonds is 10. The van der Waals surface area contributed by atoms with Gasteiger partial charge in [0.15, 0.2) is 6.10 Å². The number of carbonyl (C=O) groups excluding carboxylic acids is 1. The molecule has 7 heteroatoms. The third-order valence-electron chi connectivity index (χ3n) is 6.36. The molecule has 0 saturated carbocycles. The summed E-state index contributed by atoms with van der Waals surface area (Å²) < 4.78 is 17.2. The third kappa shape index (κ3) is 5.75. The highest BCUT2D eigenvalue weighted by atomic mass is 16.5. The predicted octanol–water partition coefficient (Wildman–Crippen LogP) is 4.32. The lowest BCUT2D eigenvalue weighted by molar-refractivity contribution is -0.158. The molecule has 1 aliphatic rings. The molecule has 0 saturated heterocycles. The van der Waals surface area contributed by atoms with E-state index in [9.17, 15) is 14.7 Å². The molecule has 0 aliphatic carbocycles. The maximum absolute atomic E-state index is 13.7. The van der Waals surface area contributed by atoms with Gasteiger partial charge in [-0.05, 0) is 29.2 Å². The first-order chi connectivity index (χ1) is 17.5. The van der Waals surface area contributed by atoms with Crippen molar-refractivity contribution in [3.8, 4) is 5.75 Å². The molecular weight excluding hydrogens is 458 g/mol. The highest BCUT2D eigenvalue weighted by Crippen LogP contribution is 2.36. The molecule has 3 aromatic carbocycles. The number of aliphatic carboxylic acids is 1. The van der Waals surface area contributed by atoms with Gasteiger partial charge in [-0.1, -0.05) is 72.8 Å². The normalized spacial score (nSPS) is 15.7. The number of hydrogen-bond acceptors (Lipinski definition) is 5. The Morgan fingerprint density at radius 2 is 1.69 bits per heavy atom. The van der Waals surface area contributed by atoms with E-state index in [0.29, 0.717) is 24.5 Å². The molecule has 1 amide bonds. The Bertz CT molecular complexity index is 1180. The van der Waals surface area contributed by atoms with E-state index in [1.165, 1.54) is 4.90 Å². The van der Waals surface area contributed by atoms with Crippen molar-refractivity contribution in [3.63, 3.8) is 0 Å². The summed E-state index contributed by atoms with van der Waals surface area (Å²) in [7, 11) is 1.56. The van der Waals surface area contributed by atoms with Crippen molar-refractivity contribution in [2.75, 3.05) is 20.3 Å². The Hall–Kier alpha value is -3.68. The van der Waals surface area contributed by atoms with Gasteiger partial charge in [0, 0.05) is 25.6 Å². The number of carbonyl (C=O) groups is 2. The summed E-state index contributed by atoms with van der Waals surface area (Å²) in [5, 5.41) is 10.1. The van der Waals surface area contributed by atoms with Gasteiger partial charge in [0.2, 0.25) is 0 Å². The Morgan fingerprint density at radius 1 is 1.00 bits per heavy atom. The van der Waals surface area contributed by atoms with Crippen LogP contribution in [-0.2, 0) is 38.6 Å². The number of carboxylic acids is 1. The van der Waals surface area contributed by atoms with Gasteiger partial charge in [0.25, 0.3) is 5.91 Å². The number of ether oxygens (including phenoxy) is 3. The quantitative estimate of drug-likeness (QED) is 0.427. The molecule has 0 radical (unpaired) electrons. The molecule has 0 unspecified atom stereocenters. The molecule has 1 heterocycles. The van der Waals surface area contributed by atoms with Gasteiger partial charge in [-0.25, -0.2) is 4.79 Å². The second-order valence-electron chi connectivity index (χ2n) is 8.80. The molecule has 188 valence electrons. The monoisotopic (exact) mass is 489 g/mol. The zero-order valence-electron chi connectivity index (χ0n) is 20.6. The minimum Gasteiger partial charge on any atom is -0.488 e. The lowest BCUT2D eigenvalue weighted by Gasteiger charge is -2.37. The van der Waals surface area contributed by atoms with Crippen LogP contribution in [0.4, 0.5) is 0 Å². The van der Waals surface area contributed by atoms with Crippen LogP contribution in [0.1, 0.15) is 33.9 Å². The fraction of sp³-hybridized carbons (Fsp3) is 0.310. The first kappa shape index (κ1) is 25.4. The molecule has 36 heavy (non-hydrogen) atoms. The zero-order chi connectivity index (χ0) is 25.5. The summed E-state index contributed by atoms with van der Waals surface area (Å²) in [5.74, 6) is -0.762. The van der Waals surface area contributed by atoms with Gasteiger partial charge in [-0.3, -0.25) is 4.79 Å². The predicted molar refractivity (Wildman–Crippen MR) is 135 cm³/mol. The number of hydrogen-bond donors (Lipinski definition) is 1. The van der Waals surface area contributed by atoms with Gasteiger partial charge in [-0.15, -0.1) is 0 Å². The van der Waals surface area contributed by atoms with Crippen molar-refractivity contribution in [3.05, 3.63) is 101 Å². The maximum atomic E-state index is 13.7. The van der Waals surface area contributed by atoms with Gasteiger partial charge in [-0.2, -0.15) is 0 Å². The fourth-order valence-electron chi connectivity index (χ4n) is 4.48. The number of nitrogens with zero attached hydrogens (tertiary/aromatic N) is 1. The number of aryl methyl sites for hydroxylation is 1. The first-order valence-corrected chi connectivity index (χ1v) is 12.0. The van der Waals surface area contributed by atoms with E-state index in [2.05, 4.69) is 0 Å². The van der Waals surface area contributed by atoms with Gasteiger partial charge >= 0.3 is 5.97 Å². The fourth-order valence-corrected chi connectivity index (χ4v) is 4.48. The SMILES string of the molecule is COCCO[C@H](C(=O)N1Cc2ccc(C)c(OCc3ccccc3)c2C[C@@H]1C(=O)O)c1ccccc1. The van der Waals surface area contributed by atoms with Crippen LogP contribution < -0.4 is 4.74 Å². The Balaban J connectivity index is 1.63. The molecule has 4 rings (SSSR count). The zero-order valence-corrected chi connectivity index (χ0v) is 20.6. The van der Waals surface area contributed by atoms with E-state index < -0.39 is 18.1 Å². The Kier molecular flexibility index (Phi) is 8.36. The summed E-state index contributed by atoms with van der Waals surface area (Å²) >= 11 is 0. The van der Waals surface area contributed by atoms with E-state index in [4.69, 9.17) is 14.2 Å². The molecule has 1 aliphatic heterocycles. The highest BCUT2D eigenvalue weighted by Gasteiger charge is 2.39. The number of methoxy groups -OCH3 is 1. The molecule has 0 spiro atoms. The Labute approximate surface area is 211 Å². The van der Waals surface area contributed by atoms with Crippen molar-refractivity contribution < 1.29 is 28.9 Å². The van der Waals surface area contributed by atoms with Gasteiger partial charge in [0.1, 0.15) is 18.4 Å². The second-order valence-corrected chi connectivity index (χ2v) is 8.80. The number of fused-ring (bicyclic) bond motifs is 1. The average molecular weight is 490 g/mol. The first-order valence-electron chi connectivity index (χ1n) is 12.0. The molecule has 1 N–H and O–H groups in total. The van der Waals surface area contributed by atoms with E-state index in [1.54, 1.807) is 7.11 Å². The summed E-state index contributed by atoms with van der Waals surface area (Å²) in [4.78, 5) is 27.5. The van der Waals surface area contributed by atoms with Crippen LogP contribution in [0.2, 0.25) is 0 Å². The van der Waals surface area contributed by atoms with Crippen LogP contribution >= 0.6 is 0 Å². The minimum atomic E-state index is -1.06. The van der Waals surface area contributed by atoms with E-state index in [-0.39, 0.29) is 25.5 Å². The smallest absolute Gasteiger partial charge is 0.326 e. The Morgan fingerprint density at radius 3 is 2.36 bits per heavy atom.